The van der Waals surface area contributed by atoms with Crippen LogP contribution < -0.4 is 10.1 Å². The largest absolute Gasteiger partial charge is 0.492 e. The van der Waals surface area contributed by atoms with E-state index in [2.05, 4.69) is 40.6 Å². The second-order valence-electron chi connectivity index (χ2n) is 10.9. The van der Waals surface area contributed by atoms with E-state index in [-0.39, 0.29) is 11.9 Å². The minimum absolute atomic E-state index is 0.144. The monoisotopic (exact) mass is 572 g/mol. The Morgan fingerprint density at radius 3 is 2.64 bits per heavy atom. The minimum atomic E-state index is -0.270. The fourth-order valence-corrected chi connectivity index (χ4v) is 5.02. The molecule has 1 N–H and O–H groups in total. The lowest BCUT2D eigenvalue weighted by atomic mass is 9.96. The van der Waals surface area contributed by atoms with Gasteiger partial charge >= 0.3 is 0 Å². The van der Waals surface area contributed by atoms with Gasteiger partial charge in [-0.2, -0.15) is 10.2 Å². The zero-order valence-corrected chi connectivity index (χ0v) is 25.0. The van der Waals surface area contributed by atoms with Gasteiger partial charge in [0.2, 0.25) is 0 Å². The Balaban J connectivity index is 1.39. The Kier molecular flexibility index (Phi) is 9.36. The molecular weight excluding hydrogens is 532 g/mol. The highest BCUT2D eigenvalue weighted by molar-refractivity contribution is 5.96. The van der Waals surface area contributed by atoms with Crippen molar-refractivity contribution in [3.8, 4) is 28.1 Å². The number of benzene rings is 2. The number of ether oxygens (including phenoxy) is 3. The summed E-state index contributed by atoms with van der Waals surface area (Å²) >= 11 is 0. The number of likely N-dealkylation sites (tertiary alicyclic amines) is 1. The molecule has 0 spiro atoms. The van der Waals surface area contributed by atoms with E-state index in [1.807, 2.05) is 61.4 Å². The Labute approximate surface area is 247 Å². The standard InChI is InChI=1S/C32H40N6O4/c1-22-6-7-29(42-20-28-8-10-36(28)3)17-30(22)32(39)34-23(2)24-14-25(27-18-33-38(19-27)21-41-5)16-26(15-24)31-9-11-37(35-31)12-13-40-4/h6-7,9,11,14-19,23,28H,8,10,12-13,20-21H2,1-5H3,(H,34,39)/t23-,28+/m1/s1. The Morgan fingerprint density at radius 2 is 1.90 bits per heavy atom. The Hall–Kier alpha value is -3.99. The van der Waals surface area contributed by atoms with Crippen LogP contribution in [0.4, 0.5) is 0 Å². The van der Waals surface area contributed by atoms with Crippen molar-refractivity contribution in [1.29, 1.82) is 0 Å². The topological polar surface area (TPSA) is 95.7 Å². The van der Waals surface area contributed by atoms with Gasteiger partial charge in [0.05, 0.1) is 31.1 Å². The van der Waals surface area contributed by atoms with Crippen molar-refractivity contribution in [1.82, 2.24) is 29.8 Å². The molecule has 5 rings (SSSR count). The average molecular weight is 573 g/mol. The first-order valence-corrected chi connectivity index (χ1v) is 14.3. The number of methoxy groups -OCH3 is 2. The van der Waals surface area contributed by atoms with E-state index in [0.29, 0.717) is 43.8 Å². The number of nitrogens with zero attached hydrogens (tertiary/aromatic N) is 5. The summed E-state index contributed by atoms with van der Waals surface area (Å²) in [5.74, 6) is 0.565. The van der Waals surface area contributed by atoms with Crippen LogP contribution in [0.5, 0.6) is 5.75 Å². The van der Waals surface area contributed by atoms with E-state index in [1.165, 1.54) is 0 Å². The van der Waals surface area contributed by atoms with Gasteiger partial charge in [0, 0.05) is 49.3 Å². The highest BCUT2D eigenvalue weighted by Gasteiger charge is 2.25. The van der Waals surface area contributed by atoms with Crippen molar-refractivity contribution in [2.24, 2.45) is 0 Å². The molecule has 2 aromatic heterocycles. The molecule has 1 aliphatic heterocycles. The number of carbonyl (C=O) groups is 1. The third kappa shape index (κ3) is 6.89. The lowest BCUT2D eigenvalue weighted by Gasteiger charge is -2.37. The maximum Gasteiger partial charge on any atom is 0.252 e. The number of hydrogen-bond acceptors (Lipinski definition) is 7. The molecule has 0 radical (unpaired) electrons. The van der Waals surface area contributed by atoms with E-state index in [4.69, 9.17) is 19.3 Å². The van der Waals surface area contributed by atoms with Crippen LogP contribution in [0.25, 0.3) is 22.4 Å². The van der Waals surface area contributed by atoms with E-state index >= 15 is 0 Å². The number of carbonyl (C=O) groups excluding carboxylic acids is 1. The van der Waals surface area contributed by atoms with E-state index < -0.39 is 0 Å². The van der Waals surface area contributed by atoms with Crippen LogP contribution in [0.2, 0.25) is 0 Å². The summed E-state index contributed by atoms with van der Waals surface area (Å²) in [6.07, 6.45) is 6.85. The number of amides is 1. The lowest BCUT2D eigenvalue weighted by Crippen LogP contribution is -2.48. The smallest absolute Gasteiger partial charge is 0.252 e. The normalized spacial score (nSPS) is 15.8. The summed E-state index contributed by atoms with van der Waals surface area (Å²) in [5, 5.41) is 12.4. The van der Waals surface area contributed by atoms with Crippen LogP contribution in [0.1, 0.15) is 40.9 Å². The molecule has 1 amide bonds. The number of aryl methyl sites for hydroxylation is 1. The van der Waals surface area contributed by atoms with Gasteiger partial charge in [0.25, 0.3) is 5.91 Å². The van der Waals surface area contributed by atoms with Gasteiger partial charge in [-0.05, 0) is 86.9 Å². The summed E-state index contributed by atoms with van der Waals surface area (Å²) in [7, 11) is 5.42. The molecule has 10 nitrogen and oxygen atoms in total. The molecule has 2 aromatic carbocycles. The summed E-state index contributed by atoms with van der Waals surface area (Å²) in [5.41, 5.74) is 6.18. The van der Waals surface area contributed by atoms with Crippen molar-refractivity contribution >= 4 is 5.91 Å². The van der Waals surface area contributed by atoms with Crippen LogP contribution in [0.3, 0.4) is 0 Å². The van der Waals surface area contributed by atoms with Crippen molar-refractivity contribution in [3.63, 3.8) is 0 Å². The average Bonchev–Trinajstić information content (AvgIpc) is 3.66. The number of hydrogen-bond donors (Lipinski definition) is 1. The van der Waals surface area contributed by atoms with Gasteiger partial charge in [-0.3, -0.25) is 14.4 Å². The molecule has 1 saturated heterocycles. The van der Waals surface area contributed by atoms with Crippen LogP contribution in [-0.2, 0) is 22.7 Å². The van der Waals surface area contributed by atoms with Crippen molar-refractivity contribution in [2.45, 2.75) is 45.6 Å². The Bertz CT molecular complexity index is 1510. The molecule has 1 fully saturated rings. The third-order valence-electron chi connectivity index (χ3n) is 7.83. The third-order valence-corrected chi connectivity index (χ3v) is 7.83. The predicted molar refractivity (Wildman–Crippen MR) is 161 cm³/mol. The fourth-order valence-electron chi connectivity index (χ4n) is 5.02. The minimum Gasteiger partial charge on any atom is -0.492 e. The van der Waals surface area contributed by atoms with Crippen LogP contribution >= 0.6 is 0 Å². The fraction of sp³-hybridized carbons (Fsp3) is 0.406. The highest BCUT2D eigenvalue weighted by Crippen LogP contribution is 2.30. The second-order valence-corrected chi connectivity index (χ2v) is 10.9. The molecule has 0 bridgehead atoms. The first kappa shape index (κ1) is 29.5. The maximum absolute atomic E-state index is 13.5. The zero-order valence-electron chi connectivity index (χ0n) is 25.0. The van der Waals surface area contributed by atoms with Crippen LogP contribution in [0.15, 0.2) is 61.1 Å². The molecule has 0 aliphatic carbocycles. The molecular formula is C32H40N6O4. The van der Waals surface area contributed by atoms with E-state index in [9.17, 15) is 4.79 Å². The van der Waals surface area contributed by atoms with Gasteiger partial charge in [-0.1, -0.05) is 6.07 Å². The molecule has 0 saturated carbocycles. The number of rotatable bonds is 13. The molecule has 42 heavy (non-hydrogen) atoms. The quantitative estimate of drug-likeness (QED) is 0.251. The number of aromatic nitrogens is 4. The molecule has 0 unspecified atom stereocenters. The first-order chi connectivity index (χ1) is 20.3. The van der Waals surface area contributed by atoms with E-state index in [0.717, 1.165) is 46.5 Å². The van der Waals surface area contributed by atoms with Crippen molar-refractivity contribution < 1.29 is 19.0 Å². The van der Waals surface area contributed by atoms with Gasteiger partial charge in [-0.15, -0.1) is 0 Å². The van der Waals surface area contributed by atoms with E-state index in [1.54, 1.807) is 18.9 Å². The molecule has 10 heteroatoms. The van der Waals surface area contributed by atoms with Gasteiger partial charge in [0.15, 0.2) is 0 Å². The van der Waals surface area contributed by atoms with Crippen molar-refractivity contribution in [3.05, 3.63) is 77.7 Å². The molecule has 2 atom stereocenters. The maximum atomic E-state index is 13.5. The molecule has 222 valence electrons. The lowest BCUT2D eigenvalue weighted by molar-refractivity contribution is 0.0767. The van der Waals surface area contributed by atoms with Crippen molar-refractivity contribution in [2.75, 3.05) is 41.0 Å². The number of likely N-dealkylation sites (N-methyl/N-ethyl adjacent to an activating group) is 1. The number of nitrogens with one attached hydrogen (secondary N) is 1. The first-order valence-electron chi connectivity index (χ1n) is 14.3. The van der Waals surface area contributed by atoms with Crippen LogP contribution in [-0.4, -0.2) is 77.4 Å². The SMILES string of the molecule is COCCn1ccc(-c2cc(-c3cnn(COC)c3)cc([C@@H](C)NC(=O)c3cc(OC[C@@H]4CCN4C)ccc3C)c2)n1. The zero-order chi connectivity index (χ0) is 29.6. The van der Waals surface area contributed by atoms with Gasteiger partial charge < -0.3 is 19.5 Å². The summed E-state index contributed by atoms with van der Waals surface area (Å²) < 4.78 is 20.1. The summed E-state index contributed by atoms with van der Waals surface area (Å²) in [4.78, 5) is 15.8. The molecule has 1 aliphatic rings. The predicted octanol–water partition coefficient (Wildman–Crippen LogP) is 4.55. The van der Waals surface area contributed by atoms with Crippen LogP contribution in [0, 0.1) is 6.92 Å². The Morgan fingerprint density at radius 1 is 1.07 bits per heavy atom. The summed E-state index contributed by atoms with van der Waals surface area (Å²) in [6.45, 7) is 7.27. The van der Waals surface area contributed by atoms with Gasteiger partial charge in [0.1, 0.15) is 19.1 Å². The molecule has 3 heterocycles. The highest BCUT2D eigenvalue weighted by atomic mass is 16.5. The summed E-state index contributed by atoms with van der Waals surface area (Å²) in [6, 6.07) is 14.1. The molecule has 4 aromatic rings. The van der Waals surface area contributed by atoms with Gasteiger partial charge in [-0.25, -0.2) is 4.68 Å². The second kappa shape index (κ2) is 13.3.